The molecule has 1 aliphatic rings. The number of halogens is 1. The average molecular weight is 423 g/mol. The number of pyridine rings is 1. The summed E-state index contributed by atoms with van der Waals surface area (Å²) in [6, 6.07) is 8.91. The minimum Gasteiger partial charge on any atom is -0.490 e. The maximum absolute atomic E-state index is 14.4. The number of aromatic nitrogens is 3. The van der Waals surface area contributed by atoms with Crippen LogP contribution in [0.15, 0.2) is 60.2 Å². The van der Waals surface area contributed by atoms with Gasteiger partial charge in [-0.15, -0.1) is 0 Å². The topological polar surface area (TPSA) is 76.4 Å². The fourth-order valence-electron chi connectivity index (χ4n) is 3.17. The summed E-state index contributed by atoms with van der Waals surface area (Å²) in [7, 11) is 1.71. The van der Waals surface area contributed by atoms with E-state index in [9.17, 15) is 4.39 Å². The number of rotatable bonds is 8. The van der Waals surface area contributed by atoms with Crippen molar-refractivity contribution >= 4 is 5.96 Å². The van der Waals surface area contributed by atoms with Crippen LogP contribution in [0.25, 0.3) is 5.82 Å². The van der Waals surface area contributed by atoms with Gasteiger partial charge in [0.2, 0.25) is 0 Å². The van der Waals surface area contributed by atoms with Gasteiger partial charge in [-0.05, 0) is 61.1 Å². The summed E-state index contributed by atoms with van der Waals surface area (Å²) in [5.41, 5.74) is 1.88. The van der Waals surface area contributed by atoms with Crippen LogP contribution in [0.5, 0.6) is 5.75 Å². The highest BCUT2D eigenvalue weighted by atomic mass is 19.1. The number of nitrogens with zero attached hydrogens (tertiary/aromatic N) is 4. The number of guanidine groups is 1. The Morgan fingerprint density at radius 1 is 1.29 bits per heavy atom. The Morgan fingerprint density at radius 2 is 2.16 bits per heavy atom. The van der Waals surface area contributed by atoms with Crippen LogP contribution < -0.4 is 15.4 Å². The molecule has 0 amide bonds. The number of nitrogens with one attached hydrogen (secondary N) is 2. The van der Waals surface area contributed by atoms with Crippen molar-refractivity contribution in [2.75, 3.05) is 13.7 Å². The first-order chi connectivity index (χ1) is 15.1. The third-order valence-electron chi connectivity index (χ3n) is 5.24. The lowest BCUT2D eigenvalue weighted by molar-refractivity contribution is 0.285. The third-order valence-corrected chi connectivity index (χ3v) is 5.24. The van der Waals surface area contributed by atoms with Crippen LogP contribution in [-0.2, 0) is 6.54 Å². The summed E-state index contributed by atoms with van der Waals surface area (Å²) < 4.78 is 21.8. The van der Waals surface area contributed by atoms with Crippen molar-refractivity contribution in [3.8, 4) is 11.6 Å². The number of hydrogen-bond acceptors (Lipinski definition) is 4. The largest absolute Gasteiger partial charge is 0.490 e. The standard InChI is InChI=1S/C23H27FN6O/c1-16(19-5-6-21(20(24)12-19)31-14-17-3-4-17)29-23(25-2)28-13-18-7-8-27-22(11-18)30-10-9-26-15-30/h5-12,15-17H,3-4,13-14H2,1-2H3,(H2,25,28,29). The molecular formula is C23H27FN6O. The van der Waals surface area contributed by atoms with Crippen LogP contribution >= 0.6 is 0 Å². The van der Waals surface area contributed by atoms with Crippen molar-refractivity contribution in [1.82, 2.24) is 25.2 Å². The zero-order chi connectivity index (χ0) is 21.6. The van der Waals surface area contributed by atoms with Crippen molar-refractivity contribution in [2.45, 2.75) is 32.4 Å². The van der Waals surface area contributed by atoms with E-state index in [2.05, 4.69) is 25.6 Å². The first-order valence-electron chi connectivity index (χ1n) is 10.4. The van der Waals surface area contributed by atoms with Gasteiger partial charge in [-0.2, -0.15) is 0 Å². The number of ether oxygens (including phenoxy) is 1. The molecule has 0 bridgehead atoms. The van der Waals surface area contributed by atoms with Gasteiger partial charge in [0.25, 0.3) is 0 Å². The van der Waals surface area contributed by atoms with E-state index in [1.165, 1.54) is 18.9 Å². The van der Waals surface area contributed by atoms with Crippen molar-refractivity contribution < 1.29 is 9.13 Å². The minimum atomic E-state index is -0.335. The Kier molecular flexibility index (Phi) is 6.45. The molecule has 162 valence electrons. The highest BCUT2D eigenvalue weighted by Crippen LogP contribution is 2.30. The van der Waals surface area contributed by atoms with Gasteiger partial charge in [-0.25, -0.2) is 14.4 Å². The molecule has 2 aromatic heterocycles. The van der Waals surface area contributed by atoms with Gasteiger partial charge >= 0.3 is 0 Å². The maximum atomic E-state index is 14.4. The number of aliphatic imine (C=N–C) groups is 1. The van der Waals surface area contributed by atoms with E-state index in [0.29, 0.717) is 30.8 Å². The summed E-state index contributed by atoms with van der Waals surface area (Å²) in [6.07, 6.45) is 9.40. The molecule has 8 heteroatoms. The van der Waals surface area contributed by atoms with Gasteiger partial charge < -0.3 is 15.4 Å². The highest BCUT2D eigenvalue weighted by Gasteiger charge is 2.22. The van der Waals surface area contributed by atoms with Crippen LogP contribution in [0.2, 0.25) is 0 Å². The van der Waals surface area contributed by atoms with Crippen molar-refractivity contribution in [3.05, 3.63) is 72.2 Å². The molecule has 1 atom stereocenters. The summed E-state index contributed by atoms with van der Waals surface area (Å²) in [4.78, 5) is 12.7. The van der Waals surface area contributed by atoms with Crippen LogP contribution in [0.4, 0.5) is 4.39 Å². The molecule has 0 spiro atoms. The molecule has 1 aliphatic carbocycles. The number of benzene rings is 1. The van der Waals surface area contributed by atoms with E-state index in [4.69, 9.17) is 4.74 Å². The Bertz CT molecular complexity index is 1030. The van der Waals surface area contributed by atoms with E-state index < -0.39 is 0 Å². The van der Waals surface area contributed by atoms with E-state index in [-0.39, 0.29) is 11.9 Å². The molecule has 31 heavy (non-hydrogen) atoms. The molecule has 0 saturated heterocycles. The van der Waals surface area contributed by atoms with Gasteiger partial charge in [-0.3, -0.25) is 9.56 Å². The third kappa shape index (κ3) is 5.59. The smallest absolute Gasteiger partial charge is 0.191 e. The Labute approximate surface area is 181 Å². The Morgan fingerprint density at radius 3 is 2.87 bits per heavy atom. The van der Waals surface area contributed by atoms with E-state index in [0.717, 1.165) is 16.9 Å². The van der Waals surface area contributed by atoms with Crippen LogP contribution in [0, 0.1) is 11.7 Å². The average Bonchev–Trinajstić information content (AvgIpc) is 3.45. The van der Waals surface area contributed by atoms with E-state index in [1.807, 2.05) is 35.9 Å². The number of hydrogen-bond donors (Lipinski definition) is 2. The van der Waals surface area contributed by atoms with Crippen molar-refractivity contribution in [1.29, 1.82) is 0 Å². The van der Waals surface area contributed by atoms with Crippen LogP contribution in [-0.4, -0.2) is 34.1 Å². The summed E-state index contributed by atoms with van der Waals surface area (Å²) in [5, 5.41) is 6.60. The predicted molar refractivity (Wildman–Crippen MR) is 118 cm³/mol. The molecule has 2 N–H and O–H groups in total. The van der Waals surface area contributed by atoms with Gasteiger partial charge in [0, 0.05) is 32.2 Å². The maximum Gasteiger partial charge on any atom is 0.191 e. The minimum absolute atomic E-state index is 0.128. The van der Waals surface area contributed by atoms with Crippen molar-refractivity contribution in [3.63, 3.8) is 0 Å². The monoisotopic (exact) mass is 422 g/mol. The molecule has 0 radical (unpaired) electrons. The van der Waals surface area contributed by atoms with Crippen LogP contribution in [0.1, 0.15) is 36.9 Å². The molecule has 1 saturated carbocycles. The van der Waals surface area contributed by atoms with Gasteiger partial charge in [-0.1, -0.05) is 6.07 Å². The first kappa shape index (κ1) is 20.8. The fourth-order valence-corrected chi connectivity index (χ4v) is 3.17. The molecule has 0 aliphatic heterocycles. The second-order valence-corrected chi connectivity index (χ2v) is 7.73. The van der Waals surface area contributed by atoms with Gasteiger partial charge in [0.15, 0.2) is 17.5 Å². The SMILES string of the molecule is CN=C(NCc1ccnc(-n2ccnc2)c1)NC(C)c1ccc(OCC2CC2)c(F)c1. The molecule has 4 rings (SSSR count). The summed E-state index contributed by atoms with van der Waals surface area (Å²) in [5.74, 6) is 2.00. The first-order valence-corrected chi connectivity index (χ1v) is 10.4. The fraction of sp³-hybridized carbons (Fsp3) is 0.348. The zero-order valence-electron chi connectivity index (χ0n) is 17.8. The molecule has 1 aromatic carbocycles. The Balaban J connectivity index is 1.33. The van der Waals surface area contributed by atoms with Gasteiger partial charge in [0.05, 0.1) is 12.6 Å². The second kappa shape index (κ2) is 9.59. The van der Waals surface area contributed by atoms with E-state index in [1.54, 1.807) is 31.8 Å². The molecule has 1 unspecified atom stereocenters. The predicted octanol–water partition coefficient (Wildman–Crippen LogP) is 3.62. The molecule has 3 aromatic rings. The van der Waals surface area contributed by atoms with E-state index >= 15 is 0 Å². The summed E-state index contributed by atoms with van der Waals surface area (Å²) in [6.45, 7) is 3.13. The molecule has 1 fully saturated rings. The van der Waals surface area contributed by atoms with Gasteiger partial charge in [0.1, 0.15) is 12.1 Å². The number of imidazole rings is 1. The van der Waals surface area contributed by atoms with Crippen LogP contribution in [0.3, 0.4) is 0 Å². The lowest BCUT2D eigenvalue weighted by atomic mass is 10.1. The highest BCUT2D eigenvalue weighted by molar-refractivity contribution is 5.80. The van der Waals surface area contributed by atoms with Crippen molar-refractivity contribution in [2.24, 2.45) is 10.9 Å². The zero-order valence-corrected chi connectivity index (χ0v) is 17.8. The second-order valence-electron chi connectivity index (χ2n) is 7.73. The summed E-state index contributed by atoms with van der Waals surface area (Å²) >= 11 is 0. The molecule has 7 nitrogen and oxygen atoms in total. The molecular weight excluding hydrogens is 395 g/mol. The quantitative estimate of drug-likeness (QED) is 0.428. The normalized spacial score (nSPS) is 14.9. The lowest BCUT2D eigenvalue weighted by Crippen LogP contribution is -2.38. The lowest BCUT2D eigenvalue weighted by Gasteiger charge is -2.19. The molecule has 2 heterocycles. The Hall–Kier alpha value is -3.42.